The quantitative estimate of drug-likeness (QED) is 0.592. The zero-order valence-corrected chi connectivity index (χ0v) is 13.6. The Morgan fingerprint density at radius 3 is 2.36 bits per heavy atom. The van der Waals surface area contributed by atoms with E-state index in [2.05, 4.69) is 11.9 Å². The van der Waals surface area contributed by atoms with E-state index in [-0.39, 0.29) is 23.8 Å². The van der Waals surface area contributed by atoms with E-state index in [0.717, 1.165) is 0 Å². The van der Waals surface area contributed by atoms with E-state index in [1.165, 1.54) is 6.08 Å². The van der Waals surface area contributed by atoms with Gasteiger partial charge in [0.25, 0.3) is 0 Å². The standard InChI is InChI=1S/C16H26N2O4/c1-5-13(16(21)22-11(3)4)17-15(20)12-7-9-18(10-8-12)14(19)6-2/h6,11-13H,2,5,7-10H2,1,3-4H3,(H,17,20)/t13-/m0/s1. The zero-order chi connectivity index (χ0) is 16.7. The molecule has 6 heteroatoms. The maximum Gasteiger partial charge on any atom is 0.328 e. The lowest BCUT2D eigenvalue weighted by Gasteiger charge is -2.31. The molecule has 1 fully saturated rings. The third-order valence-corrected chi connectivity index (χ3v) is 3.71. The van der Waals surface area contributed by atoms with E-state index >= 15 is 0 Å². The van der Waals surface area contributed by atoms with Crippen LogP contribution in [0.15, 0.2) is 12.7 Å². The predicted octanol–water partition coefficient (Wildman–Crippen LogP) is 1.26. The van der Waals surface area contributed by atoms with Crippen molar-refractivity contribution in [3.63, 3.8) is 0 Å². The first-order chi connectivity index (χ1) is 10.4. The minimum Gasteiger partial charge on any atom is -0.461 e. The summed E-state index contributed by atoms with van der Waals surface area (Å²) < 4.78 is 5.14. The number of rotatable bonds is 6. The van der Waals surface area contributed by atoms with Crippen LogP contribution < -0.4 is 5.32 Å². The Morgan fingerprint density at radius 1 is 1.32 bits per heavy atom. The molecule has 0 unspecified atom stereocenters. The molecule has 0 aromatic carbocycles. The van der Waals surface area contributed by atoms with E-state index in [0.29, 0.717) is 32.4 Å². The maximum absolute atomic E-state index is 12.3. The van der Waals surface area contributed by atoms with E-state index < -0.39 is 12.0 Å². The molecule has 0 radical (unpaired) electrons. The highest BCUT2D eigenvalue weighted by Gasteiger charge is 2.29. The SMILES string of the molecule is C=CC(=O)N1CCC(C(=O)N[C@@H](CC)C(=O)OC(C)C)CC1. The molecule has 1 saturated heterocycles. The molecule has 1 aliphatic heterocycles. The van der Waals surface area contributed by atoms with Gasteiger partial charge in [-0.25, -0.2) is 4.79 Å². The first kappa shape index (κ1) is 18.2. The summed E-state index contributed by atoms with van der Waals surface area (Å²) in [6.45, 7) is 9.92. The summed E-state index contributed by atoms with van der Waals surface area (Å²) in [5, 5.41) is 2.76. The second-order valence-corrected chi connectivity index (χ2v) is 5.76. The van der Waals surface area contributed by atoms with Crippen molar-refractivity contribution in [3.8, 4) is 0 Å². The lowest BCUT2D eigenvalue weighted by atomic mass is 9.95. The summed E-state index contributed by atoms with van der Waals surface area (Å²) in [6, 6.07) is -0.609. The van der Waals surface area contributed by atoms with E-state index in [4.69, 9.17) is 4.74 Å². The summed E-state index contributed by atoms with van der Waals surface area (Å²) in [5.41, 5.74) is 0. The highest BCUT2D eigenvalue weighted by molar-refractivity contribution is 5.88. The van der Waals surface area contributed by atoms with Crippen molar-refractivity contribution >= 4 is 17.8 Å². The number of hydrogen-bond donors (Lipinski definition) is 1. The first-order valence-electron chi connectivity index (χ1n) is 7.81. The number of nitrogens with one attached hydrogen (secondary N) is 1. The molecule has 0 aliphatic carbocycles. The van der Waals surface area contributed by atoms with Crippen LogP contribution in [0.2, 0.25) is 0 Å². The molecule has 0 aromatic heterocycles. The van der Waals surface area contributed by atoms with Crippen molar-refractivity contribution < 1.29 is 19.1 Å². The summed E-state index contributed by atoms with van der Waals surface area (Å²) in [4.78, 5) is 37.3. The normalized spacial score (nSPS) is 17.0. The van der Waals surface area contributed by atoms with Crippen LogP contribution in [0.25, 0.3) is 0 Å². The molecule has 2 amide bonds. The summed E-state index contributed by atoms with van der Waals surface area (Å²) in [5.74, 6) is -0.816. The van der Waals surface area contributed by atoms with E-state index in [9.17, 15) is 14.4 Å². The lowest BCUT2D eigenvalue weighted by Crippen LogP contribution is -2.47. The Bertz CT molecular complexity index is 426. The van der Waals surface area contributed by atoms with Gasteiger partial charge in [0.05, 0.1) is 6.10 Å². The van der Waals surface area contributed by atoms with Crippen molar-refractivity contribution in [2.45, 2.75) is 52.2 Å². The van der Waals surface area contributed by atoms with Gasteiger partial charge in [0.2, 0.25) is 11.8 Å². The number of esters is 1. The van der Waals surface area contributed by atoms with Crippen molar-refractivity contribution in [2.75, 3.05) is 13.1 Å². The lowest BCUT2D eigenvalue weighted by molar-refractivity contribution is -0.152. The Morgan fingerprint density at radius 2 is 1.91 bits per heavy atom. The fourth-order valence-electron chi connectivity index (χ4n) is 2.42. The minimum atomic E-state index is -0.609. The molecule has 124 valence electrons. The predicted molar refractivity (Wildman–Crippen MR) is 83.0 cm³/mol. The first-order valence-corrected chi connectivity index (χ1v) is 7.81. The van der Waals surface area contributed by atoms with Crippen LogP contribution in [0, 0.1) is 5.92 Å². The van der Waals surface area contributed by atoms with Crippen molar-refractivity contribution in [3.05, 3.63) is 12.7 Å². The number of carbonyl (C=O) groups is 3. The number of likely N-dealkylation sites (tertiary alicyclic amines) is 1. The third-order valence-electron chi connectivity index (χ3n) is 3.71. The smallest absolute Gasteiger partial charge is 0.328 e. The second kappa shape index (κ2) is 8.56. The molecule has 1 atom stereocenters. The van der Waals surface area contributed by atoms with Gasteiger partial charge < -0.3 is 15.0 Å². The van der Waals surface area contributed by atoms with Gasteiger partial charge in [-0.1, -0.05) is 13.5 Å². The largest absolute Gasteiger partial charge is 0.461 e. The highest BCUT2D eigenvalue weighted by Crippen LogP contribution is 2.18. The second-order valence-electron chi connectivity index (χ2n) is 5.76. The zero-order valence-electron chi connectivity index (χ0n) is 13.6. The van der Waals surface area contributed by atoms with Crippen molar-refractivity contribution in [1.82, 2.24) is 10.2 Å². The number of nitrogens with zero attached hydrogens (tertiary/aromatic N) is 1. The van der Waals surface area contributed by atoms with Gasteiger partial charge in [-0.05, 0) is 39.2 Å². The average Bonchev–Trinajstić information content (AvgIpc) is 2.50. The minimum absolute atomic E-state index is 0.106. The summed E-state index contributed by atoms with van der Waals surface area (Å²) in [7, 11) is 0. The molecule has 1 aliphatic rings. The fraction of sp³-hybridized carbons (Fsp3) is 0.688. The maximum atomic E-state index is 12.3. The average molecular weight is 310 g/mol. The number of ether oxygens (including phenoxy) is 1. The van der Waals surface area contributed by atoms with Crippen molar-refractivity contribution in [1.29, 1.82) is 0 Å². The molecule has 1 rings (SSSR count). The van der Waals surface area contributed by atoms with Gasteiger partial charge in [-0.2, -0.15) is 0 Å². The van der Waals surface area contributed by atoms with Gasteiger partial charge in [0.1, 0.15) is 6.04 Å². The van der Waals surface area contributed by atoms with Crippen molar-refractivity contribution in [2.24, 2.45) is 5.92 Å². The molecular weight excluding hydrogens is 284 g/mol. The molecule has 0 aromatic rings. The number of carbonyl (C=O) groups excluding carboxylic acids is 3. The Labute approximate surface area is 131 Å². The van der Waals surface area contributed by atoms with Crippen LogP contribution in [0.5, 0.6) is 0 Å². The molecule has 0 bridgehead atoms. The third kappa shape index (κ3) is 5.16. The fourth-order valence-corrected chi connectivity index (χ4v) is 2.42. The molecule has 0 saturated carbocycles. The van der Waals surface area contributed by atoms with Crippen LogP contribution >= 0.6 is 0 Å². The van der Waals surface area contributed by atoms with Gasteiger partial charge in [-0.15, -0.1) is 0 Å². The summed E-state index contributed by atoms with van der Waals surface area (Å²) >= 11 is 0. The molecule has 0 spiro atoms. The molecule has 6 nitrogen and oxygen atoms in total. The van der Waals surface area contributed by atoms with E-state index in [1.807, 2.05) is 6.92 Å². The number of piperidine rings is 1. The molecule has 22 heavy (non-hydrogen) atoms. The van der Waals surface area contributed by atoms with Crippen LogP contribution in [-0.2, 0) is 19.1 Å². The van der Waals surface area contributed by atoms with Crippen LogP contribution in [0.3, 0.4) is 0 Å². The monoisotopic (exact) mass is 310 g/mol. The molecule has 1 heterocycles. The topological polar surface area (TPSA) is 75.7 Å². The Kier molecular flexibility index (Phi) is 7.08. The van der Waals surface area contributed by atoms with Gasteiger partial charge in [0, 0.05) is 19.0 Å². The van der Waals surface area contributed by atoms with Gasteiger partial charge >= 0.3 is 5.97 Å². The molecule has 1 N–H and O–H groups in total. The molecular formula is C16H26N2O4. The van der Waals surface area contributed by atoms with Gasteiger partial charge in [0.15, 0.2) is 0 Å². The Hall–Kier alpha value is -1.85. The van der Waals surface area contributed by atoms with E-state index in [1.54, 1.807) is 18.7 Å². The van der Waals surface area contributed by atoms with Crippen LogP contribution in [-0.4, -0.2) is 47.9 Å². The Balaban J connectivity index is 2.49. The summed E-state index contributed by atoms with van der Waals surface area (Å²) in [6.07, 6.45) is 2.77. The number of amides is 2. The van der Waals surface area contributed by atoms with Crippen LogP contribution in [0.4, 0.5) is 0 Å². The highest BCUT2D eigenvalue weighted by atomic mass is 16.5. The number of hydrogen-bond acceptors (Lipinski definition) is 4. The van der Waals surface area contributed by atoms with Gasteiger partial charge in [-0.3, -0.25) is 9.59 Å². The van der Waals surface area contributed by atoms with Crippen LogP contribution in [0.1, 0.15) is 40.0 Å².